The van der Waals surface area contributed by atoms with Crippen LogP contribution in [-0.2, 0) is 7.05 Å². The molecule has 0 spiro atoms. The Balaban J connectivity index is 1.68. The first-order valence-corrected chi connectivity index (χ1v) is 10.3. The van der Waals surface area contributed by atoms with E-state index in [-0.39, 0.29) is 12.2 Å². The molecule has 5 aromatic rings. The highest BCUT2D eigenvalue weighted by Gasteiger charge is 2.18. The first kappa shape index (κ1) is 21.4. The maximum atomic E-state index is 13.3. The summed E-state index contributed by atoms with van der Waals surface area (Å²) in [6.07, 6.45) is 9.70. The molecule has 0 saturated heterocycles. The van der Waals surface area contributed by atoms with Crippen LogP contribution in [-0.4, -0.2) is 56.0 Å². The van der Waals surface area contributed by atoms with Gasteiger partial charge in [-0.3, -0.25) is 14.0 Å². The summed E-state index contributed by atoms with van der Waals surface area (Å²) < 4.78 is 16.0. The van der Waals surface area contributed by atoms with E-state index in [1.807, 2.05) is 0 Å². The van der Waals surface area contributed by atoms with E-state index in [4.69, 9.17) is 4.98 Å². The van der Waals surface area contributed by atoms with Gasteiger partial charge in [-0.2, -0.15) is 9.49 Å². The summed E-state index contributed by atoms with van der Waals surface area (Å²) in [6, 6.07) is 1.19. The van der Waals surface area contributed by atoms with E-state index >= 15 is 0 Å². The minimum absolute atomic E-state index is 0.205. The van der Waals surface area contributed by atoms with Crippen LogP contribution in [0.4, 0.5) is 4.39 Å². The summed E-state index contributed by atoms with van der Waals surface area (Å²) in [7, 11) is 1.78. The van der Waals surface area contributed by atoms with Crippen LogP contribution < -0.4 is 5.56 Å². The van der Waals surface area contributed by atoms with E-state index in [9.17, 15) is 14.3 Å². The predicted octanol–water partition coefficient (Wildman–Crippen LogP) is 1.80. The van der Waals surface area contributed by atoms with Gasteiger partial charge in [0.1, 0.15) is 11.2 Å². The summed E-state index contributed by atoms with van der Waals surface area (Å²) in [6.45, 7) is 1.52. The van der Waals surface area contributed by atoms with Gasteiger partial charge in [-0.05, 0) is 13.0 Å². The van der Waals surface area contributed by atoms with Crippen molar-refractivity contribution < 1.29 is 9.50 Å². The molecule has 1 N–H and O–H groups in total. The Morgan fingerprint density at radius 3 is 2.35 bits per heavy atom. The van der Waals surface area contributed by atoms with E-state index in [0.717, 1.165) is 0 Å². The van der Waals surface area contributed by atoms with Crippen molar-refractivity contribution in [1.29, 1.82) is 0 Å². The van der Waals surface area contributed by atoms with Crippen LogP contribution in [0.5, 0.6) is 0 Å². The number of pyridine rings is 1. The van der Waals surface area contributed by atoms with Crippen molar-refractivity contribution in [3.63, 3.8) is 0 Å². The zero-order valence-electron chi connectivity index (χ0n) is 18.2. The van der Waals surface area contributed by atoms with Crippen molar-refractivity contribution in [3.8, 4) is 33.9 Å². The topological polar surface area (TPSA) is 137 Å². The lowest BCUT2D eigenvalue weighted by Gasteiger charge is -2.14. The summed E-state index contributed by atoms with van der Waals surface area (Å²) in [4.78, 5) is 38.1. The van der Waals surface area contributed by atoms with Crippen molar-refractivity contribution in [1.82, 2.24) is 44.3 Å². The molecule has 0 aromatic carbocycles. The molecule has 0 aliphatic carbocycles. The molecule has 0 unspecified atom stereocenters. The van der Waals surface area contributed by atoms with Gasteiger partial charge in [-0.25, -0.2) is 29.9 Å². The molecule has 5 aromatic heterocycles. The highest BCUT2D eigenvalue weighted by molar-refractivity contribution is 5.93. The maximum Gasteiger partial charge on any atom is 0.308 e. The van der Waals surface area contributed by atoms with Gasteiger partial charge in [0.25, 0.3) is 5.56 Å². The van der Waals surface area contributed by atoms with Crippen molar-refractivity contribution >= 4 is 10.9 Å². The van der Waals surface area contributed by atoms with Crippen LogP contribution >= 0.6 is 0 Å². The van der Waals surface area contributed by atoms with E-state index in [1.54, 1.807) is 49.5 Å². The van der Waals surface area contributed by atoms with Crippen molar-refractivity contribution in [2.45, 2.75) is 13.0 Å². The van der Waals surface area contributed by atoms with Crippen molar-refractivity contribution in [2.24, 2.45) is 7.05 Å². The van der Waals surface area contributed by atoms with E-state index < -0.39 is 12.1 Å². The van der Waals surface area contributed by atoms with E-state index in [0.29, 0.717) is 44.8 Å². The number of rotatable bonds is 5. The van der Waals surface area contributed by atoms with Gasteiger partial charge in [0, 0.05) is 49.2 Å². The monoisotopic (exact) mass is 459 g/mol. The molecule has 0 bridgehead atoms. The molecule has 0 aliphatic rings. The third kappa shape index (κ3) is 3.79. The molecule has 0 fully saturated rings. The van der Waals surface area contributed by atoms with Crippen LogP contribution in [0.1, 0.15) is 13.0 Å². The third-order valence-corrected chi connectivity index (χ3v) is 5.31. The predicted molar refractivity (Wildman–Crippen MR) is 120 cm³/mol. The van der Waals surface area contributed by atoms with Crippen molar-refractivity contribution in [2.75, 3.05) is 6.61 Å². The molecule has 0 amide bonds. The van der Waals surface area contributed by atoms with E-state index in [2.05, 4.69) is 30.0 Å². The molecule has 5 rings (SSSR count). The minimum atomic E-state index is -0.835. The third-order valence-electron chi connectivity index (χ3n) is 5.31. The SMILES string of the molecule is C[C@@H](CO)n1cnc2c(-c3cnn(C)c3)nc(-c3cnc(-c4cnc(F)nc4)nc3)cc2c1=O. The highest BCUT2D eigenvalue weighted by Crippen LogP contribution is 2.28. The average molecular weight is 459 g/mol. The number of aryl methyl sites for hydroxylation is 1. The van der Waals surface area contributed by atoms with Crippen molar-refractivity contribution in [3.05, 3.63) is 66.0 Å². The number of hydrogen-bond donors (Lipinski definition) is 1. The van der Waals surface area contributed by atoms with Crippen LogP contribution in [0.2, 0.25) is 0 Å². The molecule has 0 aliphatic heterocycles. The first-order chi connectivity index (χ1) is 16.4. The highest BCUT2D eigenvalue weighted by atomic mass is 19.1. The fraction of sp³-hybridized carbons (Fsp3) is 0.182. The fourth-order valence-electron chi connectivity index (χ4n) is 3.48. The summed E-state index contributed by atoms with van der Waals surface area (Å²) in [5, 5.41) is 14.1. The molecular weight excluding hydrogens is 441 g/mol. The molecule has 11 nitrogen and oxygen atoms in total. The Bertz CT molecular complexity index is 1550. The largest absolute Gasteiger partial charge is 0.394 e. The van der Waals surface area contributed by atoms with Crippen LogP contribution in [0.15, 0.2) is 54.4 Å². The number of nitrogens with zero attached hydrogens (tertiary/aromatic N) is 9. The molecule has 1 atom stereocenters. The van der Waals surface area contributed by atoms with Gasteiger partial charge in [0.15, 0.2) is 5.82 Å². The number of fused-ring (bicyclic) bond motifs is 1. The lowest BCUT2D eigenvalue weighted by molar-refractivity contribution is 0.236. The normalized spacial score (nSPS) is 12.2. The Morgan fingerprint density at radius 2 is 1.71 bits per heavy atom. The van der Waals surface area contributed by atoms with Crippen LogP contribution in [0.3, 0.4) is 0 Å². The first-order valence-electron chi connectivity index (χ1n) is 10.3. The van der Waals surface area contributed by atoms with Gasteiger partial charge in [-0.1, -0.05) is 0 Å². The Morgan fingerprint density at radius 1 is 1.00 bits per heavy atom. The second kappa shape index (κ2) is 8.48. The Labute approximate surface area is 191 Å². The second-order valence-corrected chi connectivity index (χ2v) is 7.68. The smallest absolute Gasteiger partial charge is 0.308 e. The van der Waals surface area contributed by atoms with Crippen LogP contribution in [0, 0.1) is 6.08 Å². The summed E-state index contributed by atoms with van der Waals surface area (Å²) >= 11 is 0. The lowest BCUT2D eigenvalue weighted by Crippen LogP contribution is -2.25. The number of aromatic nitrogens is 9. The zero-order chi connectivity index (χ0) is 23.8. The number of aliphatic hydroxyl groups excluding tert-OH is 1. The van der Waals surface area contributed by atoms with Gasteiger partial charge in [0.2, 0.25) is 0 Å². The molecule has 0 saturated carbocycles. The fourth-order valence-corrected chi connectivity index (χ4v) is 3.48. The summed E-state index contributed by atoms with van der Waals surface area (Å²) in [5.41, 5.74) is 2.77. The minimum Gasteiger partial charge on any atom is -0.394 e. The molecule has 34 heavy (non-hydrogen) atoms. The number of aliphatic hydroxyl groups is 1. The van der Waals surface area contributed by atoms with Gasteiger partial charge in [0.05, 0.1) is 41.8 Å². The molecule has 5 heterocycles. The molecule has 0 radical (unpaired) electrons. The van der Waals surface area contributed by atoms with Gasteiger partial charge < -0.3 is 5.11 Å². The van der Waals surface area contributed by atoms with Gasteiger partial charge in [-0.15, -0.1) is 0 Å². The average Bonchev–Trinajstić information content (AvgIpc) is 3.30. The standard InChI is InChI=1S/C22H18FN9O2/c1-12(10-33)32-11-28-19-16(21(32)34)3-17(30-18(19)15-8-29-31(2)9-15)13-4-24-20(25-5-13)14-6-26-22(23)27-7-14/h3-9,11-12,33H,10H2,1-2H3/t12-/m0/s1. The number of halogens is 1. The number of hydrogen-bond acceptors (Lipinski definition) is 9. The quantitative estimate of drug-likeness (QED) is 0.390. The lowest BCUT2D eigenvalue weighted by atomic mass is 10.1. The zero-order valence-corrected chi connectivity index (χ0v) is 18.2. The van der Waals surface area contributed by atoms with E-state index in [1.165, 1.54) is 23.3 Å². The molecule has 170 valence electrons. The second-order valence-electron chi connectivity index (χ2n) is 7.68. The Kier molecular flexibility index (Phi) is 5.34. The Hall–Kier alpha value is -4.45. The van der Waals surface area contributed by atoms with Crippen LogP contribution in [0.25, 0.3) is 44.8 Å². The van der Waals surface area contributed by atoms with Gasteiger partial charge >= 0.3 is 6.08 Å². The molecule has 12 heteroatoms. The maximum absolute atomic E-state index is 13.3. The molecular formula is C22H18FN9O2. The summed E-state index contributed by atoms with van der Waals surface area (Å²) in [5.74, 6) is 0.317.